The summed E-state index contributed by atoms with van der Waals surface area (Å²) in [5.41, 5.74) is 0. The van der Waals surface area contributed by atoms with E-state index < -0.39 is 153 Å². The topological polar surface area (TPSA) is 274 Å². The van der Waals surface area contributed by atoms with Gasteiger partial charge < -0.3 is 82.7 Å². The van der Waals surface area contributed by atoms with Crippen molar-refractivity contribution in [1.29, 1.82) is 0 Å². The maximum absolute atomic E-state index is 13.6. The van der Waals surface area contributed by atoms with E-state index in [4.69, 9.17) is 52.1 Å². The molecular weight excluding hydrogens is 921 g/mol. The fraction of sp³-hybridized carbons (Fsp3) is 0.940. The first-order valence-corrected chi connectivity index (χ1v) is 26.2. The first-order valence-electron chi connectivity index (χ1n) is 26.2. The summed E-state index contributed by atoms with van der Waals surface area (Å²) in [6, 6.07) is 0. The molecule has 0 aromatic rings. The molecule has 2 bridgehead atoms. The largest absolute Gasteiger partial charge is 0.457 e. The molecule has 0 aliphatic carbocycles. The van der Waals surface area contributed by atoms with Crippen molar-refractivity contribution in [3.63, 3.8) is 0 Å². The minimum atomic E-state index is -1.82. The summed E-state index contributed by atoms with van der Waals surface area (Å²) in [6.07, 6.45) is -16.9. The van der Waals surface area contributed by atoms with Gasteiger partial charge >= 0.3 is 17.9 Å². The number of carbonyl (C=O) groups is 3. The van der Waals surface area contributed by atoms with Crippen LogP contribution in [0.15, 0.2) is 0 Å². The molecule has 5 aliphatic rings. The number of rotatable bonds is 14. The van der Waals surface area contributed by atoms with Crippen molar-refractivity contribution >= 4 is 17.9 Å². The Hall–Kier alpha value is -2.15. The van der Waals surface area contributed by atoms with Crippen LogP contribution in [0, 0.1) is 11.8 Å². The normalized spacial score (nSPS) is 42.7. The molecule has 0 aromatic heterocycles. The summed E-state index contributed by atoms with van der Waals surface area (Å²) in [5.74, 6) is -2.99. The molecule has 406 valence electrons. The fourth-order valence-electron chi connectivity index (χ4n) is 9.51. The number of aliphatic hydroxyl groups is 6. The second-order valence-corrected chi connectivity index (χ2v) is 20.2. The molecule has 5 heterocycles. The summed E-state index contributed by atoms with van der Waals surface area (Å²) in [5, 5.41) is 69.1. The minimum absolute atomic E-state index is 0.0288. The molecule has 0 radical (unpaired) electrons. The van der Waals surface area contributed by atoms with Crippen molar-refractivity contribution in [3.05, 3.63) is 0 Å². The van der Waals surface area contributed by atoms with Crippen LogP contribution in [-0.4, -0.2) is 177 Å². The highest BCUT2D eigenvalue weighted by Gasteiger charge is 2.56. The van der Waals surface area contributed by atoms with Gasteiger partial charge in [-0.25, -0.2) is 0 Å². The molecular formula is C50H86O20. The standard InChI is InChI=1S/C50H86O20/c1-10-13-19-22-31-23-20-17-15-14-16-18-21-24-32(51)65-42-37(56)49(70-44-34(53)33(52)27(6)60-50(44)64-31)63-29(8)40(42)69-48-38(57)43(67-46(59)26(5)12-3)41(30(9)62-48)68-47-36(55)35(54)39(28(7)61-47)66-45(58)25(4)11-2/h25-31,33-44,47-50,52-57H,10-24H2,1-9H3/t25-,26-,27+,28-,29-,30-,31-,33-,34-,35-,36+,37+,38+,39-,40-,41-,42-,43-,44+,47-,48-,49-,50-/m0/s1. The lowest BCUT2D eigenvalue weighted by atomic mass is 9.95. The fourth-order valence-corrected chi connectivity index (χ4v) is 9.51. The van der Waals surface area contributed by atoms with Gasteiger partial charge in [0.2, 0.25) is 0 Å². The number of hydrogen-bond donors (Lipinski definition) is 6. The maximum Gasteiger partial charge on any atom is 0.309 e. The first kappa shape index (κ1) is 58.7. The van der Waals surface area contributed by atoms with Gasteiger partial charge in [-0.2, -0.15) is 0 Å². The number of fused-ring (bicyclic) bond motifs is 3. The van der Waals surface area contributed by atoms with Crippen LogP contribution in [0.5, 0.6) is 0 Å². The Kier molecular flexibility index (Phi) is 23.4. The smallest absolute Gasteiger partial charge is 0.309 e. The van der Waals surface area contributed by atoms with Crippen LogP contribution in [-0.2, 0) is 66.5 Å². The van der Waals surface area contributed by atoms with Gasteiger partial charge in [-0.1, -0.05) is 92.4 Å². The van der Waals surface area contributed by atoms with Crippen molar-refractivity contribution in [3.8, 4) is 0 Å². The summed E-state index contributed by atoms with van der Waals surface area (Å²) in [7, 11) is 0. The van der Waals surface area contributed by atoms with Crippen LogP contribution in [0.4, 0.5) is 0 Å². The summed E-state index contributed by atoms with van der Waals surface area (Å²) >= 11 is 0. The van der Waals surface area contributed by atoms with E-state index in [0.717, 1.165) is 70.6 Å². The second-order valence-electron chi connectivity index (χ2n) is 20.2. The van der Waals surface area contributed by atoms with E-state index in [0.29, 0.717) is 19.3 Å². The molecule has 20 nitrogen and oxygen atoms in total. The monoisotopic (exact) mass is 1010 g/mol. The Labute approximate surface area is 413 Å². The van der Waals surface area contributed by atoms with Gasteiger partial charge in [0.25, 0.3) is 0 Å². The maximum atomic E-state index is 13.6. The number of ether oxygens (including phenoxy) is 11. The van der Waals surface area contributed by atoms with Crippen LogP contribution < -0.4 is 0 Å². The lowest BCUT2D eigenvalue weighted by molar-refractivity contribution is -0.387. The minimum Gasteiger partial charge on any atom is -0.457 e. The van der Waals surface area contributed by atoms with E-state index in [1.165, 1.54) is 6.92 Å². The van der Waals surface area contributed by atoms with Crippen molar-refractivity contribution in [2.24, 2.45) is 11.8 Å². The van der Waals surface area contributed by atoms with Gasteiger partial charge in [0.05, 0.1) is 42.4 Å². The van der Waals surface area contributed by atoms with E-state index >= 15 is 0 Å². The molecule has 70 heavy (non-hydrogen) atoms. The Morgan fingerprint density at radius 2 is 1.09 bits per heavy atom. The van der Waals surface area contributed by atoms with Gasteiger partial charge in [-0.3, -0.25) is 14.4 Å². The Morgan fingerprint density at radius 3 is 1.71 bits per heavy atom. The predicted octanol–water partition coefficient (Wildman–Crippen LogP) is 3.60. The number of hydrogen-bond acceptors (Lipinski definition) is 20. The lowest BCUT2D eigenvalue weighted by Gasteiger charge is -2.49. The highest BCUT2D eigenvalue weighted by atomic mass is 16.8. The summed E-state index contributed by atoms with van der Waals surface area (Å²) < 4.78 is 67.5. The van der Waals surface area contributed by atoms with Crippen LogP contribution in [0.3, 0.4) is 0 Å². The van der Waals surface area contributed by atoms with Crippen LogP contribution >= 0.6 is 0 Å². The van der Waals surface area contributed by atoms with E-state index in [1.54, 1.807) is 41.5 Å². The molecule has 5 fully saturated rings. The molecule has 5 saturated heterocycles. The lowest BCUT2D eigenvalue weighted by Crippen LogP contribution is -2.67. The molecule has 6 N–H and O–H groups in total. The summed E-state index contributed by atoms with van der Waals surface area (Å²) in [4.78, 5) is 39.7. The number of aliphatic hydroxyl groups excluding tert-OH is 6. The van der Waals surface area contributed by atoms with Crippen LogP contribution in [0.2, 0.25) is 0 Å². The zero-order chi connectivity index (χ0) is 51.4. The average molecular weight is 1010 g/mol. The SMILES string of the molecule is CCCCC[C@H]1CCCCCCCCCC(=O)O[C@H]2[C@@H](O)[C@H](O[C@H]3[C@H](O1)O[C@H](C)[C@H](O)[C@@H]3O)O[C@@H](C)[C@@H]2O[C@@H]1O[C@@H](C)[C@H](O[C@@H]2O[C@@H](C)[C@H](OC(=O)[C@@H](C)CC)[C@@H](O)[C@H]2O)[C@@H](OC(=O)[C@@H](C)CC)[C@H]1O. The van der Waals surface area contributed by atoms with Gasteiger partial charge in [-0.15, -0.1) is 0 Å². The second kappa shape index (κ2) is 27.9. The van der Waals surface area contributed by atoms with Gasteiger partial charge in [-0.05, 0) is 59.8 Å². The summed E-state index contributed by atoms with van der Waals surface area (Å²) in [6.45, 7) is 15.3. The Balaban J connectivity index is 1.40. The average Bonchev–Trinajstić information content (AvgIpc) is 3.33. The van der Waals surface area contributed by atoms with Crippen molar-refractivity contribution in [2.45, 2.75) is 288 Å². The van der Waals surface area contributed by atoms with Gasteiger partial charge in [0.1, 0.15) is 54.9 Å². The third kappa shape index (κ3) is 15.2. The van der Waals surface area contributed by atoms with Crippen molar-refractivity contribution in [1.82, 2.24) is 0 Å². The molecule has 0 spiro atoms. The molecule has 0 saturated carbocycles. The van der Waals surface area contributed by atoms with E-state index in [-0.39, 0.29) is 12.5 Å². The molecule has 0 unspecified atom stereocenters. The van der Waals surface area contributed by atoms with Crippen LogP contribution in [0.25, 0.3) is 0 Å². The van der Waals surface area contributed by atoms with Crippen LogP contribution in [0.1, 0.15) is 159 Å². The molecule has 23 atom stereocenters. The van der Waals surface area contributed by atoms with Gasteiger partial charge in [0, 0.05) is 6.42 Å². The molecule has 5 aliphatic heterocycles. The van der Waals surface area contributed by atoms with E-state index in [1.807, 2.05) is 6.92 Å². The molecule has 0 amide bonds. The Morgan fingerprint density at radius 1 is 0.543 bits per heavy atom. The van der Waals surface area contributed by atoms with E-state index in [9.17, 15) is 45.0 Å². The number of carbonyl (C=O) groups excluding carboxylic acids is 3. The zero-order valence-electron chi connectivity index (χ0n) is 42.8. The highest BCUT2D eigenvalue weighted by molar-refractivity contribution is 5.72. The van der Waals surface area contributed by atoms with Crippen molar-refractivity contribution < 1.29 is 97.1 Å². The number of unbranched alkanes of at least 4 members (excludes halogenated alkanes) is 2. The van der Waals surface area contributed by atoms with E-state index in [2.05, 4.69) is 6.92 Å². The Bertz CT molecular complexity index is 1590. The third-order valence-electron chi connectivity index (χ3n) is 14.6. The first-order chi connectivity index (χ1) is 33.3. The zero-order valence-corrected chi connectivity index (χ0v) is 42.8. The molecule has 0 aromatic carbocycles. The predicted molar refractivity (Wildman–Crippen MR) is 247 cm³/mol. The third-order valence-corrected chi connectivity index (χ3v) is 14.6. The number of esters is 3. The quantitative estimate of drug-likeness (QED) is 0.0824. The van der Waals surface area contributed by atoms with Gasteiger partial charge in [0.15, 0.2) is 43.5 Å². The molecule has 5 rings (SSSR count). The highest BCUT2D eigenvalue weighted by Crippen LogP contribution is 2.37. The van der Waals surface area contributed by atoms with Crippen molar-refractivity contribution in [2.75, 3.05) is 0 Å². The molecule has 20 heteroatoms.